The van der Waals surface area contributed by atoms with E-state index in [1.807, 2.05) is 24.3 Å². The van der Waals surface area contributed by atoms with Gasteiger partial charge in [0.25, 0.3) is 0 Å². The number of ether oxygens (including phenoxy) is 1. The molecule has 0 bridgehead atoms. The lowest BCUT2D eigenvalue weighted by molar-refractivity contribution is 0.0520. The maximum Gasteiger partial charge on any atom is 0.358 e. The monoisotopic (exact) mass is 313 g/mol. The molecule has 88 valence electrons. The molecule has 1 aromatic carbocycles. The molecule has 3 nitrogen and oxygen atoms in total. The van der Waals surface area contributed by atoms with Gasteiger partial charge in [-0.05, 0) is 28.9 Å². The van der Waals surface area contributed by atoms with Crippen molar-refractivity contribution in [3.8, 4) is 0 Å². The van der Waals surface area contributed by atoms with E-state index >= 15 is 0 Å². The highest BCUT2D eigenvalue weighted by atomic mass is 79.9. The molecule has 0 unspecified atom stereocenters. The Hall–Kier alpha value is -1.13. The highest BCUT2D eigenvalue weighted by Crippen LogP contribution is 2.32. The lowest BCUT2D eigenvalue weighted by Gasteiger charge is -2.07. The minimum Gasteiger partial charge on any atom is -0.461 e. The van der Waals surface area contributed by atoms with Gasteiger partial charge in [0.2, 0.25) is 0 Å². The summed E-state index contributed by atoms with van der Waals surface area (Å²) in [6.45, 7) is 2.03. The number of carbonyl (C=O) groups excluding carboxylic acids is 1. The van der Waals surface area contributed by atoms with Crippen LogP contribution in [0.15, 0.2) is 28.7 Å². The summed E-state index contributed by atoms with van der Waals surface area (Å²) in [6.07, 6.45) is 0. The van der Waals surface area contributed by atoms with Crippen molar-refractivity contribution in [1.82, 2.24) is 4.98 Å². The second-order valence-corrected chi connectivity index (χ2v) is 4.50. The molecule has 17 heavy (non-hydrogen) atoms. The zero-order chi connectivity index (χ0) is 12.4. The number of para-hydroxylation sites is 1. The van der Waals surface area contributed by atoms with Crippen LogP contribution in [0.5, 0.6) is 0 Å². The number of benzene rings is 1. The first kappa shape index (κ1) is 12.3. The summed E-state index contributed by atoms with van der Waals surface area (Å²) in [5.41, 5.74) is 0.839. The molecular formula is C12H9BrClNO2. The first-order valence-corrected chi connectivity index (χ1v) is 6.23. The van der Waals surface area contributed by atoms with Crippen LogP contribution in [0, 0.1) is 0 Å². The van der Waals surface area contributed by atoms with E-state index in [0.717, 1.165) is 5.39 Å². The molecule has 0 radical (unpaired) electrons. The van der Waals surface area contributed by atoms with E-state index in [0.29, 0.717) is 16.6 Å². The Bertz CT molecular complexity index is 586. The van der Waals surface area contributed by atoms with Gasteiger partial charge >= 0.3 is 5.97 Å². The van der Waals surface area contributed by atoms with E-state index in [4.69, 9.17) is 16.3 Å². The highest BCUT2D eigenvalue weighted by Gasteiger charge is 2.18. The second-order valence-electron chi connectivity index (χ2n) is 3.33. The minimum absolute atomic E-state index is 0.138. The van der Waals surface area contributed by atoms with Crippen molar-refractivity contribution in [1.29, 1.82) is 0 Å². The molecule has 5 heteroatoms. The number of fused-ring (bicyclic) bond motifs is 1. The number of hydrogen-bond donors (Lipinski definition) is 0. The van der Waals surface area contributed by atoms with Gasteiger partial charge in [-0.3, -0.25) is 0 Å². The minimum atomic E-state index is -0.510. The Morgan fingerprint density at radius 3 is 2.88 bits per heavy atom. The standard InChI is InChI=1S/C12H9BrClNO2/c1-2-17-12(16)11-10(14)9(13)7-5-3-4-6-8(7)15-11/h3-6H,2H2,1H3. The molecule has 2 rings (SSSR count). The summed E-state index contributed by atoms with van der Waals surface area (Å²) in [6, 6.07) is 7.44. The van der Waals surface area contributed by atoms with Crippen LogP contribution >= 0.6 is 27.5 Å². The van der Waals surface area contributed by atoms with Crippen LogP contribution in [0.2, 0.25) is 5.02 Å². The topological polar surface area (TPSA) is 39.2 Å². The summed E-state index contributed by atoms with van der Waals surface area (Å²) in [4.78, 5) is 15.9. The van der Waals surface area contributed by atoms with Crippen LogP contribution in [-0.4, -0.2) is 17.6 Å². The molecule has 0 N–H and O–H groups in total. The largest absolute Gasteiger partial charge is 0.461 e. The second kappa shape index (κ2) is 5.02. The third-order valence-corrected chi connectivity index (χ3v) is 3.66. The summed E-state index contributed by atoms with van der Waals surface area (Å²) in [5.74, 6) is -0.510. The van der Waals surface area contributed by atoms with E-state index in [1.54, 1.807) is 6.92 Å². The molecule has 2 aromatic rings. The predicted molar refractivity (Wildman–Crippen MR) is 70.4 cm³/mol. The van der Waals surface area contributed by atoms with Crippen LogP contribution in [0.25, 0.3) is 10.9 Å². The van der Waals surface area contributed by atoms with Gasteiger partial charge in [0.15, 0.2) is 5.69 Å². The Labute approximate surface area is 112 Å². The third kappa shape index (κ3) is 2.28. The number of aromatic nitrogens is 1. The number of rotatable bonds is 2. The van der Waals surface area contributed by atoms with Crippen molar-refractivity contribution in [2.45, 2.75) is 6.92 Å². The summed E-state index contributed by atoms with van der Waals surface area (Å²) in [5, 5.41) is 1.15. The Kier molecular flexibility index (Phi) is 3.64. The lowest BCUT2D eigenvalue weighted by atomic mass is 10.2. The van der Waals surface area contributed by atoms with E-state index < -0.39 is 5.97 Å². The summed E-state index contributed by atoms with van der Waals surface area (Å²) >= 11 is 9.46. The molecular weight excluding hydrogens is 305 g/mol. The molecule has 0 aliphatic carbocycles. The number of pyridine rings is 1. The van der Waals surface area contributed by atoms with Gasteiger partial charge in [0.1, 0.15) is 0 Å². The summed E-state index contributed by atoms with van der Waals surface area (Å²) < 4.78 is 5.57. The van der Waals surface area contributed by atoms with Crippen LogP contribution in [0.3, 0.4) is 0 Å². The van der Waals surface area contributed by atoms with Crippen molar-refractivity contribution in [3.05, 3.63) is 39.5 Å². The third-order valence-electron chi connectivity index (χ3n) is 2.24. The fourth-order valence-electron chi connectivity index (χ4n) is 1.48. The van der Waals surface area contributed by atoms with E-state index in [-0.39, 0.29) is 10.7 Å². The van der Waals surface area contributed by atoms with Crippen LogP contribution in [-0.2, 0) is 4.74 Å². The molecule has 0 saturated heterocycles. The first-order valence-electron chi connectivity index (χ1n) is 5.06. The lowest BCUT2D eigenvalue weighted by Crippen LogP contribution is -2.08. The fourth-order valence-corrected chi connectivity index (χ4v) is 2.23. The highest BCUT2D eigenvalue weighted by molar-refractivity contribution is 9.10. The van der Waals surface area contributed by atoms with Gasteiger partial charge in [0, 0.05) is 9.86 Å². The van der Waals surface area contributed by atoms with Crippen molar-refractivity contribution in [3.63, 3.8) is 0 Å². The first-order chi connectivity index (χ1) is 8.15. The van der Waals surface area contributed by atoms with Gasteiger partial charge in [-0.1, -0.05) is 29.8 Å². The molecule has 0 spiro atoms. The van der Waals surface area contributed by atoms with E-state index in [1.165, 1.54) is 0 Å². The number of halogens is 2. The van der Waals surface area contributed by atoms with Gasteiger partial charge in [-0.25, -0.2) is 9.78 Å². The van der Waals surface area contributed by atoms with Gasteiger partial charge in [0.05, 0.1) is 17.1 Å². The molecule has 1 aromatic heterocycles. The molecule has 0 amide bonds. The Balaban J connectivity index is 2.65. The zero-order valence-electron chi connectivity index (χ0n) is 9.04. The SMILES string of the molecule is CCOC(=O)c1nc2ccccc2c(Br)c1Cl. The van der Waals surface area contributed by atoms with Crippen molar-refractivity contribution in [2.24, 2.45) is 0 Å². The van der Waals surface area contributed by atoms with Crippen LogP contribution in [0.4, 0.5) is 0 Å². The average Bonchev–Trinajstić information content (AvgIpc) is 2.34. The van der Waals surface area contributed by atoms with Gasteiger partial charge in [-0.15, -0.1) is 0 Å². The normalized spacial score (nSPS) is 10.5. The molecule has 0 aliphatic heterocycles. The maximum atomic E-state index is 11.7. The number of hydrogen-bond acceptors (Lipinski definition) is 3. The predicted octanol–water partition coefficient (Wildman–Crippen LogP) is 3.83. The van der Waals surface area contributed by atoms with Crippen LogP contribution < -0.4 is 0 Å². The smallest absolute Gasteiger partial charge is 0.358 e. The number of carbonyl (C=O) groups is 1. The molecule has 1 heterocycles. The fraction of sp³-hybridized carbons (Fsp3) is 0.167. The average molecular weight is 315 g/mol. The van der Waals surface area contributed by atoms with Gasteiger partial charge in [-0.2, -0.15) is 0 Å². The molecule has 0 saturated carbocycles. The zero-order valence-corrected chi connectivity index (χ0v) is 11.4. The van der Waals surface area contributed by atoms with Crippen molar-refractivity contribution in [2.75, 3.05) is 6.61 Å². The molecule has 0 aliphatic rings. The molecule has 0 fully saturated rings. The summed E-state index contributed by atoms with van der Waals surface area (Å²) in [7, 11) is 0. The number of esters is 1. The Morgan fingerprint density at radius 2 is 2.18 bits per heavy atom. The van der Waals surface area contributed by atoms with E-state index in [2.05, 4.69) is 20.9 Å². The van der Waals surface area contributed by atoms with Crippen LogP contribution in [0.1, 0.15) is 17.4 Å². The maximum absolute atomic E-state index is 11.7. The Morgan fingerprint density at radius 1 is 1.47 bits per heavy atom. The van der Waals surface area contributed by atoms with Crippen molar-refractivity contribution < 1.29 is 9.53 Å². The van der Waals surface area contributed by atoms with Gasteiger partial charge < -0.3 is 4.74 Å². The number of nitrogens with zero attached hydrogens (tertiary/aromatic N) is 1. The molecule has 0 atom stereocenters. The van der Waals surface area contributed by atoms with Crippen molar-refractivity contribution >= 4 is 44.4 Å². The quantitative estimate of drug-likeness (QED) is 0.791. The van der Waals surface area contributed by atoms with E-state index in [9.17, 15) is 4.79 Å².